The number of hydrogen-bond acceptors (Lipinski definition) is 8. The van der Waals surface area contributed by atoms with Gasteiger partial charge in [-0.15, -0.1) is 11.3 Å². The molecule has 0 aliphatic carbocycles. The summed E-state index contributed by atoms with van der Waals surface area (Å²) in [6.07, 6.45) is 3.69. The maximum atomic E-state index is 12.7. The molecule has 3 heterocycles. The topological polar surface area (TPSA) is 120 Å². The fraction of sp³-hybridized carbons (Fsp3) is 0.238. The van der Waals surface area contributed by atoms with Gasteiger partial charge >= 0.3 is 0 Å². The van der Waals surface area contributed by atoms with Crippen molar-refractivity contribution in [1.29, 1.82) is 0 Å². The van der Waals surface area contributed by atoms with E-state index in [0.717, 1.165) is 16.9 Å². The number of sulfonamides is 1. The van der Waals surface area contributed by atoms with E-state index < -0.39 is 10.0 Å². The van der Waals surface area contributed by atoms with Gasteiger partial charge in [0.05, 0.1) is 0 Å². The number of anilines is 1. The molecule has 1 amide bonds. The van der Waals surface area contributed by atoms with E-state index in [-0.39, 0.29) is 23.5 Å². The number of ether oxygens (including phenoxy) is 2. The van der Waals surface area contributed by atoms with Gasteiger partial charge in [-0.1, -0.05) is 18.1 Å². The summed E-state index contributed by atoms with van der Waals surface area (Å²) in [5.74, 6) is 1.49. The maximum absolute atomic E-state index is 12.7. The summed E-state index contributed by atoms with van der Waals surface area (Å²) >= 11 is 1.11. The second-order valence-electron chi connectivity index (χ2n) is 6.91. The van der Waals surface area contributed by atoms with Gasteiger partial charge in [0.25, 0.3) is 0 Å². The average molecular weight is 476 g/mol. The molecule has 9 nitrogen and oxygen atoms in total. The molecule has 0 atom stereocenters. The van der Waals surface area contributed by atoms with Crippen LogP contribution in [0.2, 0.25) is 0 Å². The monoisotopic (exact) mass is 475 g/mol. The van der Waals surface area contributed by atoms with Crippen molar-refractivity contribution in [2.45, 2.75) is 31.0 Å². The number of nitrogens with one attached hydrogen (secondary N) is 2. The second kappa shape index (κ2) is 9.15. The molecule has 0 spiro atoms. The van der Waals surface area contributed by atoms with E-state index in [4.69, 9.17) is 14.0 Å². The summed E-state index contributed by atoms with van der Waals surface area (Å²) in [5.41, 5.74) is 1.83. The third-order valence-corrected chi connectivity index (χ3v) is 7.59. The van der Waals surface area contributed by atoms with Crippen LogP contribution < -0.4 is 19.5 Å². The molecule has 1 aliphatic rings. The lowest BCUT2D eigenvalue weighted by Gasteiger charge is -2.05. The molecule has 32 heavy (non-hydrogen) atoms. The zero-order chi connectivity index (χ0) is 22.7. The van der Waals surface area contributed by atoms with Crippen LogP contribution in [0.5, 0.6) is 11.5 Å². The van der Waals surface area contributed by atoms with Crippen LogP contribution in [-0.2, 0) is 21.4 Å². The molecule has 1 aliphatic heterocycles. The molecule has 4 rings (SSSR count). The first-order valence-corrected chi connectivity index (χ1v) is 12.1. The van der Waals surface area contributed by atoms with Crippen molar-refractivity contribution in [3.05, 3.63) is 52.2 Å². The third-order valence-electron chi connectivity index (χ3n) is 4.64. The summed E-state index contributed by atoms with van der Waals surface area (Å²) in [5, 5.41) is 6.63. The third kappa shape index (κ3) is 4.85. The van der Waals surface area contributed by atoms with Crippen molar-refractivity contribution in [3.63, 3.8) is 0 Å². The lowest BCUT2D eigenvalue weighted by Crippen LogP contribution is -2.22. The number of nitrogens with zero attached hydrogens (tertiary/aromatic N) is 1. The molecule has 2 aromatic heterocycles. The molecule has 11 heteroatoms. The van der Waals surface area contributed by atoms with E-state index in [1.807, 2.05) is 0 Å². The van der Waals surface area contributed by atoms with Gasteiger partial charge in [0.1, 0.15) is 15.6 Å². The van der Waals surface area contributed by atoms with Gasteiger partial charge in [-0.25, -0.2) is 13.1 Å². The highest BCUT2D eigenvalue weighted by Gasteiger charge is 2.18. The first-order chi connectivity index (χ1) is 15.4. The predicted molar refractivity (Wildman–Crippen MR) is 120 cm³/mol. The standard InChI is InChI=1S/C21H21N3O6S2/c1-3-19(25)23-21-13(2)24-30-17(21)8-5-15-6-9-20(31-15)32(26,27)22-11-14-4-7-16-18(10-14)29-12-28-16/h4-10,22H,3,11-12H2,1-2H3,(H,23,25). The molecule has 1 aromatic carbocycles. The Morgan fingerprint density at radius 1 is 1.19 bits per heavy atom. The Kier molecular flexibility index (Phi) is 6.31. The highest BCUT2D eigenvalue weighted by atomic mass is 32.2. The highest BCUT2D eigenvalue weighted by Crippen LogP contribution is 2.32. The van der Waals surface area contributed by atoms with Crippen LogP contribution in [-0.4, -0.2) is 26.3 Å². The number of rotatable bonds is 8. The summed E-state index contributed by atoms with van der Waals surface area (Å²) in [6.45, 7) is 3.77. The Labute approximate surface area is 189 Å². The van der Waals surface area contributed by atoms with Crippen LogP contribution in [0.25, 0.3) is 12.2 Å². The first kappa shape index (κ1) is 22.1. The van der Waals surface area contributed by atoms with Crippen LogP contribution in [0.1, 0.15) is 35.2 Å². The number of aromatic nitrogens is 1. The van der Waals surface area contributed by atoms with Gasteiger partial charge in [0, 0.05) is 17.8 Å². The van der Waals surface area contributed by atoms with Crippen LogP contribution in [0.15, 0.2) is 39.1 Å². The summed E-state index contributed by atoms with van der Waals surface area (Å²) in [7, 11) is -3.69. The Bertz CT molecular complexity index is 1280. The quantitative estimate of drug-likeness (QED) is 0.509. The fourth-order valence-electron chi connectivity index (χ4n) is 2.91. The molecular formula is C21H21N3O6S2. The molecule has 0 bridgehead atoms. The van der Waals surface area contributed by atoms with Gasteiger partial charge in [0.15, 0.2) is 17.3 Å². The van der Waals surface area contributed by atoms with Crippen molar-refractivity contribution in [2.24, 2.45) is 0 Å². The predicted octanol–water partition coefficient (Wildman–Crippen LogP) is 3.77. The number of fused-ring (bicyclic) bond motifs is 1. The lowest BCUT2D eigenvalue weighted by atomic mass is 10.2. The smallest absolute Gasteiger partial charge is 0.250 e. The first-order valence-electron chi connectivity index (χ1n) is 9.78. The van der Waals surface area contributed by atoms with Gasteiger partial charge in [-0.3, -0.25) is 4.79 Å². The molecule has 0 saturated carbocycles. The second-order valence-corrected chi connectivity index (χ2v) is 10.0. The Morgan fingerprint density at radius 3 is 2.81 bits per heavy atom. The van der Waals surface area contributed by atoms with Crippen molar-refractivity contribution in [1.82, 2.24) is 9.88 Å². The summed E-state index contributed by atoms with van der Waals surface area (Å²) in [6, 6.07) is 8.53. The number of benzene rings is 1. The number of amides is 1. The highest BCUT2D eigenvalue weighted by molar-refractivity contribution is 7.91. The van der Waals surface area contributed by atoms with Crippen molar-refractivity contribution in [2.75, 3.05) is 12.1 Å². The van der Waals surface area contributed by atoms with Crippen molar-refractivity contribution < 1.29 is 27.2 Å². The van der Waals surface area contributed by atoms with Crippen molar-refractivity contribution >= 4 is 45.1 Å². The average Bonchev–Trinajstić information content (AvgIpc) is 3.52. The van der Waals surface area contributed by atoms with E-state index in [1.165, 1.54) is 6.07 Å². The summed E-state index contributed by atoms with van der Waals surface area (Å²) < 4.78 is 44.0. The molecule has 2 N–H and O–H groups in total. The number of hydrogen-bond donors (Lipinski definition) is 2. The minimum Gasteiger partial charge on any atom is -0.454 e. The molecule has 0 radical (unpaired) electrons. The fourth-order valence-corrected chi connectivity index (χ4v) is 5.20. The number of carbonyl (C=O) groups excluding carboxylic acids is 1. The Balaban J connectivity index is 1.43. The van der Waals surface area contributed by atoms with E-state index in [9.17, 15) is 13.2 Å². The minimum absolute atomic E-state index is 0.125. The van der Waals surface area contributed by atoms with Gasteiger partial charge in [0.2, 0.25) is 22.7 Å². The summed E-state index contributed by atoms with van der Waals surface area (Å²) in [4.78, 5) is 12.4. The maximum Gasteiger partial charge on any atom is 0.250 e. The molecular weight excluding hydrogens is 454 g/mol. The Hall–Kier alpha value is -3.15. The zero-order valence-electron chi connectivity index (χ0n) is 17.4. The number of thiophene rings is 1. The van der Waals surface area contributed by atoms with Gasteiger partial charge in [-0.2, -0.15) is 0 Å². The van der Waals surface area contributed by atoms with E-state index >= 15 is 0 Å². The van der Waals surface area contributed by atoms with Gasteiger partial charge < -0.3 is 19.3 Å². The minimum atomic E-state index is -3.69. The molecule has 0 saturated heterocycles. The SMILES string of the molecule is CCC(=O)Nc1c(C)noc1C=Cc1ccc(S(=O)(=O)NCc2ccc3c(c2)OCO3)s1. The van der Waals surface area contributed by atoms with E-state index in [2.05, 4.69) is 15.2 Å². The van der Waals surface area contributed by atoms with Crippen LogP contribution in [0.3, 0.4) is 0 Å². The largest absolute Gasteiger partial charge is 0.454 e. The molecule has 168 valence electrons. The molecule has 0 fully saturated rings. The van der Waals surface area contributed by atoms with E-state index in [0.29, 0.717) is 39.9 Å². The lowest BCUT2D eigenvalue weighted by molar-refractivity contribution is -0.115. The van der Waals surface area contributed by atoms with Crippen molar-refractivity contribution in [3.8, 4) is 11.5 Å². The van der Waals surface area contributed by atoms with Crippen LogP contribution in [0.4, 0.5) is 5.69 Å². The van der Waals surface area contributed by atoms with E-state index in [1.54, 1.807) is 50.3 Å². The van der Waals surface area contributed by atoms with Crippen LogP contribution >= 0.6 is 11.3 Å². The zero-order valence-corrected chi connectivity index (χ0v) is 19.0. The normalized spacial score (nSPS) is 13.1. The van der Waals surface area contributed by atoms with Gasteiger partial charge in [-0.05, 0) is 48.9 Å². The Morgan fingerprint density at radius 2 is 2.00 bits per heavy atom. The molecule has 0 unspecified atom stereocenters. The number of carbonyl (C=O) groups is 1. The van der Waals surface area contributed by atoms with Crippen LogP contribution in [0, 0.1) is 6.92 Å². The molecule has 3 aromatic rings. The number of aryl methyl sites for hydroxylation is 1.